The van der Waals surface area contributed by atoms with Gasteiger partial charge in [0.15, 0.2) is 0 Å². The minimum atomic E-state index is -4.12. The molecule has 9 heteroatoms. The first kappa shape index (κ1) is 32.7. The molecule has 0 aliphatic rings. The number of benzene rings is 3. The molecular formula is C33H43N3O5S. The summed E-state index contributed by atoms with van der Waals surface area (Å²) in [6.45, 7) is 9.76. The molecule has 0 aliphatic carbocycles. The Hall–Kier alpha value is -3.85. The number of ether oxygens (including phenoxy) is 1. The maximum Gasteiger partial charge on any atom is 0.264 e. The monoisotopic (exact) mass is 593 g/mol. The second kappa shape index (κ2) is 14.9. The highest BCUT2D eigenvalue weighted by atomic mass is 32.2. The van der Waals surface area contributed by atoms with Crippen LogP contribution < -0.4 is 14.4 Å². The third kappa shape index (κ3) is 8.12. The minimum absolute atomic E-state index is 0.0859. The average molecular weight is 594 g/mol. The zero-order valence-electron chi connectivity index (χ0n) is 25.5. The Morgan fingerprint density at radius 1 is 0.929 bits per heavy atom. The summed E-state index contributed by atoms with van der Waals surface area (Å²) in [4.78, 5) is 29.1. The molecule has 3 rings (SSSR count). The first-order valence-corrected chi connectivity index (χ1v) is 15.8. The van der Waals surface area contributed by atoms with Gasteiger partial charge in [0, 0.05) is 13.1 Å². The molecule has 0 saturated carbocycles. The van der Waals surface area contributed by atoms with Crippen LogP contribution in [0.25, 0.3) is 0 Å². The maximum atomic E-state index is 14.2. The average Bonchev–Trinajstić information content (AvgIpc) is 2.97. The molecule has 0 spiro atoms. The van der Waals surface area contributed by atoms with E-state index in [1.165, 1.54) is 4.90 Å². The van der Waals surface area contributed by atoms with E-state index in [1.54, 1.807) is 49.6 Å². The number of nitrogens with zero attached hydrogens (tertiary/aromatic N) is 2. The molecule has 3 aromatic rings. The van der Waals surface area contributed by atoms with Crippen molar-refractivity contribution < 1.29 is 22.7 Å². The van der Waals surface area contributed by atoms with Crippen molar-refractivity contribution in [3.63, 3.8) is 0 Å². The van der Waals surface area contributed by atoms with Crippen LogP contribution in [0.1, 0.15) is 55.4 Å². The number of unbranched alkanes of at least 4 members (excludes halogenated alkanes) is 1. The zero-order valence-corrected chi connectivity index (χ0v) is 26.3. The van der Waals surface area contributed by atoms with Crippen molar-refractivity contribution >= 4 is 27.5 Å². The van der Waals surface area contributed by atoms with Crippen molar-refractivity contribution in [2.45, 2.75) is 71.4 Å². The van der Waals surface area contributed by atoms with Gasteiger partial charge in [-0.25, -0.2) is 8.42 Å². The van der Waals surface area contributed by atoms with Gasteiger partial charge in [0.2, 0.25) is 11.8 Å². The highest BCUT2D eigenvalue weighted by Crippen LogP contribution is 2.27. The quantitative estimate of drug-likeness (QED) is 0.248. The van der Waals surface area contributed by atoms with E-state index in [1.807, 2.05) is 58.9 Å². The molecule has 1 atom stereocenters. The molecular weight excluding hydrogens is 550 g/mol. The van der Waals surface area contributed by atoms with Crippen molar-refractivity contribution in [2.75, 3.05) is 24.5 Å². The number of hydrogen-bond donors (Lipinski definition) is 1. The zero-order chi connectivity index (χ0) is 30.9. The molecule has 8 nitrogen and oxygen atoms in total. The molecule has 0 saturated heterocycles. The first-order chi connectivity index (χ1) is 20.0. The van der Waals surface area contributed by atoms with Crippen LogP contribution in [0, 0.1) is 20.8 Å². The van der Waals surface area contributed by atoms with Crippen molar-refractivity contribution in [3.05, 3.63) is 89.0 Å². The van der Waals surface area contributed by atoms with Crippen molar-refractivity contribution in [1.29, 1.82) is 0 Å². The predicted molar refractivity (Wildman–Crippen MR) is 167 cm³/mol. The van der Waals surface area contributed by atoms with Crippen LogP contribution in [0.2, 0.25) is 0 Å². The van der Waals surface area contributed by atoms with Gasteiger partial charge in [-0.2, -0.15) is 0 Å². The summed E-state index contributed by atoms with van der Waals surface area (Å²) in [5.74, 6) is -0.121. The van der Waals surface area contributed by atoms with Gasteiger partial charge in [-0.1, -0.05) is 56.2 Å². The summed E-state index contributed by atoms with van der Waals surface area (Å²) in [5, 5.41) is 2.95. The lowest BCUT2D eigenvalue weighted by atomic mass is 10.1. The van der Waals surface area contributed by atoms with E-state index >= 15 is 0 Å². The van der Waals surface area contributed by atoms with E-state index in [0.29, 0.717) is 24.4 Å². The number of rotatable bonds is 14. The standard InChI is InChI=1S/C33H43N3O5S/c1-7-9-19-34-33(38)31(8-2)35(22-27-11-10-12-29(21-27)41-6)32(37)23-36(28-16-15-25(4)26(5)20-28)42(39,40)30-17-13-24(3)14-18-30/h10-18,20-21,31H,7-9,19,22-23H2,1-6H3,(H,34,38)/t31-/m1/s1. The highest BCUT2D eigenvalue weighted by Gasteiger charge is 2.33. The minimum Gasteiger partial charge on any atom is -0.497 e. The van der Waals surface area contributed by atoms with Gasteiger partial charge < -0.3 is 15.0 Å². The normalized spacial score (nSPS) is 12.0. The van der Waals surface area contributed by atoms with Crippen LogP contribution in [0.15, 0.2) is 71.6 Å². The van der Waals surface area contributed by atoms with E-state index in [4.69, 9.17) is 4.74 Å². The SMILES string of the molecule is CCCCNC(=O)[C@@H](CC)N(Cc1cccc(OC)c1)C(=O)CN(c1ccc(C)c(C)c1)S(=O)(=O)c1ccc(C)cc1. The van der Waals surface area contributed by atoms with Gasteiger partial charge >= 0.3 is 0 Å². The maximum absolute atomic E-state index is 14.2. The number of aryl methyl sites for hydroxylation is 3. The Kier molecular flexibility index (Phi) is 11.6. The topological polar surface area (TPSA) is 96.0 Å². The number of methoxy groups -OCH3 is 1. The fourth-order valence-electron chi connectivity index (χ4n) is 4.64. The second-order valence-corrected chi connectivity index (χ2v) is 12.4. The fourth-order valence-corrected chi connectivity index (χ4v) is 6.05. The van der Waals surface area contributed by atoms with Crippen LogP contribution in [-0.2, 0) is 26.2 Å². The molecule has 0 bridgehead atoms. The van der Waals surface area contributed by atoms with Crippen molar-refractivity contribution in [1.82, 2.24) is 10.2 Å². The number of anilines is 1. The summed E-state index contributed by atoms with van der Waals surface area (Å²) < 4.78 is 34.6. The number of carbonyl (C=O) groups excluding carboxylic acids is 2. The summed E-state index contributed by atoms with van der Waals surface area (Å²) in [7, 11) is -2.55. The molecule has 1 N–H and O–H groups in total. The number of sulfonamides is 1. The molecule has 2 amide bonds. The lowest BCUT2D eigenvalue weighted by Gasteiger charge is -2.33. The molecule has 0 radical (unpaired) electrons. The Morgan fingerprint density at radius 3 is 2.26 bits per heavy atom. The van der Waals surface area contributed by atoms with Crippen molar-refractivity contribution in [3.8, 4) is 5.75 Å². The lowest BCUT2D eigenvalue weighted by molar-refractivity contribution is -0.140. The molecule has 0 aliphatic heterocycles. The van der Waals surface area contributed by atoms with Gasteiger partial charge in [0.25, 0.3) is 10.0 Å². The van der Waals surface area contributed by atoms with E-state index in [2.05, 4.69) is 5.32 Å². The van der Waals surface area contributed by atoms with Crippen LogP contribution >= 0.6 is 0 Å². The van der Waals surface area contributed by atoms with Crippen LogP contribution in [0.5, 0.6) is 5.75 Å². The molecule has 3 aromatic carbocycles. The van der Waals surface area contributed by atoms with Crippen LogP contribution in [-0.4, -0.2) is 51.4 Å². The van der Waals surface area contributed by atoms with Gasteiger partial charge in [-0.05, 0) is 86.7 Å². The van der Waals surface area contributed by atoms with Gasteiger partial charge in [0.1, 0.15) is 18.3 Å². The molecule has 0 unspecified atom stereocenters. The molecule has 0 aromatic heterocycles. The number of nitrogens with one attached hydrogen (secondary N) is 1. The largest absolute Gasteiger partial charge is 0.497 e. The number of hydrogen-bond acceptors (Lipinski definition) is 5. The summed E-state index contributed by atoms with van der Waals surface area (Å²) in [6.07, 6.45) is 2.11. The van der Waals surface area contributed by atoms with E-state index in [-0.39, 0.29) is 17.3 Å². The Labute approximate surface area is 250 Å². The third-order valence-electron chi connectivity index (χ3n) is 7.37. The molecule has 226 valence electrons. The number of amides is 2. The molecule has 0 heterocycles. The van der Waals surface area contributed by atoms with E-state index in [9.17, 15) is 18.0 Å². The first-order valence-electron chi connectivity index (χ1n) is 14.4. The second-order valence-electron chi connectivity index (χ2n) is 10.5. The van der Waals surface area contributed by atoms with Gasteiger partial charge in [-0.3, -0.25) is 13.9 Å². The van der Waals surface area contributed by atoms with Gasteiger partial charge in [-0.15, -0.1) is 0 Å². The predicted octanol–water partition coefficient (Wildman–Crippen LogP) is 5.54. The van der Waals surface area contributed by atoms with E-state index < -0.39 is 28.5 Å². The fraction of sp³-hybridized carbons (Fsp3) is 0.394. The van der Waals surface area contributed by atoms with Crippen LogP contribution in [0.4, 0.5) is 5.69 Å². The van der Waals surface area contributed by atoms with Gasteiger partial charge in [0.05, 0.1) is 17.7 Å². The Balaban J connectivity index is 2.07. The van der Waals surface area contributed by atoms with Crippen LogP contribution in [0.3, 0.4) is 0 Å². The van der Waals surface area contributed by atoms with Crippen molar-refractivity contribution in [2.24, 2.45) is 0 Å². The molecule has 42 heavy (non-hydrogen) atoms. The Morgan fingerprint density at radius 2 is 1.64 bits per heavy atom. The summed E-state index contributed by atoms with van der Waals surface area (Å²) >= 11 is 0. The number of carbonyl (C=O) groups is 2. The smallest absolute Gasteiger partial charge is 0.264 e. The van der Waals surface area contributed by atoms with E-state index in [0.717, 1.165) is 39.4 Å². The Bertz CT molecular complexity index is 1470. The summed E-state index contributed by atoms with van der Waals surface area (Å²) in [6, 6.07) is 18.4. The third-order valence-corrected chi connectivity index (χ3v) is 9.16. The summed E-state index contributed by atoms with van der Waals surface area (Å²) in [5.41, 5.74) is 3.98. The highest BCUT2D eigenvalue weighted by molar-refractivity contribution is 7.92. The molecule has 0 fully saturated rings. The lowest BCUT2D eigenvalue weighted by Crippen LogP contribution is -2.52.